The van der Waals surface area contributed by atoms with Gasteiger partial charge in [0.1, 0.15) is 5.75 Å². The fourth-order valence-electron chi connectivity index (χ4n) is 2.69. The van der Waals surface area contributed by atoms with Crippen LogP contribution in [0.3, 0.4) is 0 Å². The lowest BCUT2D eigenvalue weighted by Gasteiger charge is -2.10. The largest absolute Gasteiger partial charge is 0.493 e. The zero-order chi connectivity index (χ0) is 19.9. The molecule has 0 aliphatic heterocycles. The summed E-state index contributed by atoms with van der Waals surface area (Å²) in [4.78, 5) is 12.0. The zero-order valence-electron chi connectivity index (χ0n) is 15.4. The van der Waals surface area contributed by atoms with Crippen LogP contribution in [0, 0.1) is 0 Å². The number of benzene rings is 3. The fraction of sp³-hybridized carbons (Fsp3) is 0.143. The molecule has 0 saturated carbocycles. The van der Waals surface area contributed by atoms with Crippen molar-refractivity contribution >= 4 is 38.8 Å². The number of methoxy groups -OCH3 is 2. The van der Waals surface area contributed by atoms with Crippen molar-refractivity contribution in [2.75, 3.05) is 20.8 Å². The van der Waals surface area contributed by atoms with Crippen LogP contribution in [-0.4, -0.2) is 32.9 Å². The van der Waals surface area contributed by atoms with E-state index < -0.39 is 0 Å². The topological polar surface area (TPSA) is 69.2 Å². The summed E-state index contributed by atoms with van der Waals surface area (Å²) in [5.74, 6) is 1.45. The normalized spacial score (nSPS) is 10.8. The van der Waals surface area contributed by atoms with Crippen LogP contribution in [0.15, 0.2) is 64.2 Å². The lowest BCUT2D eigenvalue weighted by molar-refractivity contribution is -0.123. The molecule has 0 unspecified atom stereocenters. The lowest BCUT2D eigenvalue weighted by atomic mass is 10.1. The second-order valence-electron chi connectivity index (χ2n) is 5.80. The summed E-state index contributed by atoms with van der Waals surface area (Å²) in [7, 11) is 3.12. The number of hydrogen-bond donors (Lipinski definition) is 1. The summed E-state index contributed by atoms with van der Waals surface area (Å²) in [5, 5.41) is 5.97. The van der Waals surface area contributed by atoms with Crippen molar-refractivity contribution in [3.05, 3.63) is 64.6 Å². The molecule has 0 radical (unpaired) electrons. The van der Waals surface area contributed by atoms with E-state index in [1.165, 1.54) is 6.21 Å². The molecule has 0 atom stereocenters. The van der Waals surface area contributed by atoms with Crippen molar-refractivity contribution in [3.8, 4) is 17.2 Å². The molecular formula is C21H19BrN2O4. The number of ether oxygens (including phenoxy) is 3. The maximum absolute atomic E-state index is 12.0. The molecule has 3 aromatic rings. The van der Waals surface area contributed by atoms with Crippen molar-refractivity contribution < 1.29 is 19.0 Å². The Morgan fingerprint density at radius 1 is 1.07 bits per heavy atom. The van der Waals surface area contributed by atoms with Crippen molar-refractivity contribution in [2.24, 2.45) is 5.10 Å². The Kier molecular flexibility index (Phi) is 6.49. The Morgan fingerprint density at radius 2 is 1.86 bits per heavy atom. The van der Waals surface area contributed by atoms with Crippen LogP contribution < -0.4 is 19.6 Å². The second-order valence-corrected chi connectivity index (χ2v) is 6.65. The van der Waals surface area contributed by atoms with Crippen LogP contribution in [0.1, 0.15) is 5.56 Å². The van der Waals surface area contributed by atoms with E-state index in [1.807, 2.05) is 48.5 Å². The Hall–Kier alpha value is -3.06. The van der Waals surface area contributed by atoms with Gasteiger partial charge in [-0.3, -0.25) is 4.79 Å². The smallest absolute Gasteiger partial charge is 0.277 e. The molecule has 3 rings (SSSR count). The van der Waals surface area contributed by atoms with Gasteiger partial charge >= 0.3 is 0 Å². The van der Waals surface area contributed by atoms with Gasteiger partial charge in [-0.05, 0) is 45.1 Å². The maximum Gasteiger partial charge on any atom is 0.277 e. The first kappa shape index (κ1) is 19.7. The first-order valence-electron chi connectivity index (χ1n) is 8.46. The number of carbonyl (C=O) groups is 1. The van der Waals surface area contributed by atoms with Gasteiger partial charge in [-0.2, -0.15) is 5.10 Å². The molecule has 0 fully saturated rings. The third kappa shape index (κ3) is 4.61. The molecule has 0 aliphatic rings. The van der Waals surface area contributed by atoms with Crippen molar-refractivity contribution in [2.45, 2.75) is 0 Å². The van der Waals surface area contributed by atoms with Crippen molar-refractivity contribution in [3.63, 3.8) is 0 Å². The minimum absolute atomic E-state index is 0.138. The SMILES string of the molecule is COc1cc(C=NNC(=O)COc2cccc3ccccc23)cc(Br)c1OC. The number of nitrogens with zero attached hydrogens (tertiary/aromatic N) is 1. The minimum Gasteiger partial charge on any atom is -0.493 e. The molecule has 1 N–H and O–H groups in total. The molecule has 7 heteroatoms. The number of halogens is 1. The number of fused-ring (bicyclic) bond motifs is 1. The van der Waals surface area contributed by atoms with Crippen LogP contribution in [0.2, 0.25) is 0 Å². The Bertz CT molecular complexity index is 1020. The molecule has 1 amide bonds. The second kappa shape index (κ2) is 9.23. The van der Waals surface area contributed by atoms with Crippen LogP contribution in [0.4, 0.5) is 0 Å². The summed E-state index contributed by atoms with van der Waals surface area (Å²) in [6, 6.07) is 17.1. The molecule has 0 heterocycles. The zero-order valence-corrected chi connectivity index (χ0v) is 17.0. The first-order valence-corrected chi connectivity index (χ1v) is 9.25. The average molecular weight is 443 g/mol. The summed E-state index contributed by atoms with van der Waals surface area (Å²) >= 11 is 3.42. The van der Waals surface area contributed by atoms with Gasteiger partial charge in [0.15, 0.2) is 18.1 Å². The van der Waals surface area contributed by atoms with E-state index in [9.17, 15) is 4.79 Å². The molecule has 144 valence electrons. The molecule has 3 aromatic carbocycles. The van der Waals surface area contributed by atoms with E-state index in [0.717, 1.165) is 20.8 Å². The molecule has 0 saturated heterocycles. The first-order chi connectivity index (χ1) is 13.6. The third-order valence-electron chi connectivity index (χ3n) is 3.97. The third-order valence-corrected chi connectivity index (χ3v) is 4.56. The van der Waals surface area contributed by atoms with Crippen molar-refractivity contribution in [1.29, 1.82) is 0 Å². The van der Waals surface area contributed by atoms with Gasteiger partial charge in [0.05, 0.1) is 24.9 Å². The molecule has 0 spiro atoms. The molecular weight excluding hydrogens is 424 g/mol. The molecule has 0 bridgehead atoms. The van der Waals surface area contributed by atoms with E-state index in [1.54, 1.807) is 20.3 Å². The Labute approximate surface area is 171 Å². The summed E-state index contributed by atoms with van der Waals surface area (Å²) < 4.78 is 16.9. The molecule has 6 nitrogen and oxygen atoms in total. The highest BCUT2D eigenvalue weighted by molar-refractivity contribution is 9.10. The monoisotopic (exact) mass is 442 g/mol. The van der Waals surface area contributed by atoms with Crippen LogP contribution in [-0.2, 0) is 4.79 Å². The van der Waals surface area contributed by atoms with E-state index >= 15 is 0 Å². The van der Waals surface area contributed by atoms with Gasteiger partial charge in [-0.25, -0.2) is 5.43 Å². The highest BCUT2D eigenvalue weighted by Crippen LogP contribution is 2.35. The molecule has 0 aromatic heterocycles. The number of rotatable bonds is 7. The van der Waals surface area contributed by atoms with Gasteiger partial charge in [0, 0.05) is 5.39 Å². The van der Waals surface area contributed by atoms with Crippen LogP contribution >= 0.6 is 15.9 Å². The van der Waals surface area contributed by atoms with Gasteiger partial charge in [0.2, 0.25) is 0 Å². The van der Waals surface area contributed by atoms with Crippen molar-refractivity contribution in [1.82, 2.24) is 5.43 Å². The highest BCUT2D eigenvalue weighted by atomic mass is 79.9. The Morgan fingerprint density at radius 3 is 2.64 bits per heavy atom. The van der Waals surface area contributed by atoms with Crippen LogP contribution in [0.25, 0.3) is 10.8 Å². The predicted octanol–water partition coefficient (Wildman–Crippen LogP) is 4.15. The molecule has 0 aliphatic carbocycles. The predicted molar refractivity (Wildman–Crippen MR) is 112 cm³/mol. The Balaban J connectivity index is 1.60. The van der Waals surface area contributed by atoms with Gasteiger partial charge in [-0.1, -0.05) is 36.4 Å². The van der Waals surface area contributed by atoms with E-state index in [4.69, 9.17) is 14.2 Å². The highest BCUT2D eigenvalue weighted by Gasteiger charge is 2.10. The number of carbonyl (C=O) groups excluding carboxylic acids is 1. The van der Waals surface area contributed by atoms with Gasteiger partial charge in [-0.15, -0.1) is 0 Å². The standard InChI is InChI=1S/C21H19BrN2O4/c1-26-19-11-14(10-17(22)21(19)27-2)12-23-24-20(25)13-28-18-9-5-7-15-6-3-4-8-16(15)18/h3-12H,13H2,1-2H3,(H,24,25). The van der Waals surface area contributed by atoms with E-state index in [0.29, 0.717) is 17.2 Å². The number of hydrogen-bond acceptors (Lipinski definition) is 5. The fourth-order valence-corrected chi connectivity index (χ4v) is 3.31. The minimum atomic E-state index is -0.358. The molecule has 28 heavy (non-hydrogen) atoms. The van der Waals surface area contributed by atoms with E-state index in [-0.39, 0.29) is 12.5 Å². The summed E-state index contributed by atoms with van der Waals surface area (Å²) in [5.41, 5.74) is 3.19. The number of nitrogens with one attached hydrogen (secondary N) is 1. The van der Waals surface area contributed by atoms with Crippen LogP contribution in [0.5, 0.6) is 17.2 Å². The van der Waals surface area contributed by atoms with Gasteiger partial charge in [0.25, 0.3) is 5.91 Å². The van der Waals surface area contributed by atoms with Gasteiger partial charge < -0.3 is 14.2 Å². The maximum atomic E-state index is 12.0. The number of hydrazone groups is 1. The number of amides is 1. The summed E-state index contributed by atoms with van der Waals surface area (Å²) in [6.07, 6.45) is 1.52. The quantitative estimate of drug-likeness (QED) is 0.440. The average Bonchev–Trinajstić information content (AvgIpc) is 2.71. The van der Waals surface area contributed by atoms with E-state index in [2.05, 4.69) is 26.5 Å². The summed E-state index contributed by atoms with van der Waals surface area (Å²) in [6.45, 7) is -0.138. The lowest BCUT2D eigenvalue weighted by Crippen LogP contribution is -2.24.